The van der Waals surface area contributed by atoms with Crippen LogP contribution in [0.15, 0.2) is 42.9 Å². The monoisotopic (exact) mass is 429 g/mol. The van der Waals surface area contributed by atoms with Crippen molar-refractivity contribution in [1.82, 2.24) is 20.3 Å². The Morgan fingerprint density at radius 1 is 1.27 bits per heavy atom. The van der Waals surface area contributed by atoms with E-state index >= 15 is 0 Å². The maximum absolute atomic E-state index is 14.3. The molecular formula is C21H21ClFN5O2. The van der Waals surface area contributed by atoms with Crippen molar-refractivity contribution in [3.63, 3.8) is 0 Å². The van der Waals surface area contributed by atoms with E-state index in [1.54, 1.807) is 12.3 Å². The number of anilines is 2. The van der Waals surface area contributed by atoms with Gasteiger partial charge in [-0.3, -0.25) is 9.78 Å². The second kappa shape index (κ2) is 9.49. The van der Waals surface area contributed by atoms with Crippen molar-refractivity contribution in [2.75, 3.05) is 19.0 Å². The predicted molar refractivity (Wildman–Crippen MR) is 114 cm³/mol. The topological polar surface area (TPSA) is 89.0 Å². The van der Waals surface area contributed by atoms with Gasteiger partial charge in [-0.25, -0.2) is 14.4 Å². The van der Waals surface area contributed by atoms with Crippen molar-refractivity contribution in [2.24, 2.45) is 5.92 Å². The Balaban J connectivity index is 1.97. The highest BCUT2D eigenvalue weighted by atomic mass is 35.5. The van der Waals surface area contributed by atoms with Crippen molar-refractivity contribution in [3.8, 4) is 17.1 Å². The van der Waals surface area contributed by atoms with Gasteiger partial charge in [-0.1, -0.05) is 25.4 Å². The SMILES string of the molecule is COc1cnc(-c2cc(Cl)ccc2F)nc1Nc1ccncc1C(=O)NCC(C)C. The molecular weight excluding hydrogens is 409 g/mol. The Kier molecular flexibility index (Phi) is 6.79. The molecule has 156 valence electrons. The van der Waals surface area contributed by atoms with E-state index in [1.165, 1.54) is 37.7 Å². The van der Waals surface area contributed by atoms with Crippen LogP contribution in [0.4, 0.5) is 15.9 Å². The largest absolute Gasteiger partial charge is 0.491 e. The van der Waals surface area contributed by atoms with Crippen LogP contribution in [0.25, 0.3) is 11.4 Å². The predicted octanol–water partition coefficient (Wildman–Crippen LogP) is 4.47. The molecule has 30 heavy (non-hydrogen) atoms. The highest BCUT2D eigenvalue weighted by Crippen LogP contribution is 2.30. The lowest BCUT2D eigenvalue weighted by Crippen LogP contribution is -2.28. The highest BCUT2D eigenvalue weighted by molar-refractivity contribution is 6.30. The second-order valence-electron chi connectivity index (χ2n) is 6.88. The quantitative estimate of drug-likeness (QED) is 0.576. The van der Waals surface area contributed by atoms with Gasteiger partial charge in [0.1, 0.15) is 5.82 Å². The molecule has 1 amide bonds. The van der Waals surface area contributed by atoms with E-state index < -0.39 is 5.82 Å². The number of rotatable bonds is 7. The number of benzene rings is 1. The molecule has 2 heterocycles. The number of ether oxygens (including phenoxy) is 1. The average Bonchev–Trinajstić information content (AvgIpc) is 2.74. The van der Waals surface area contributed by atoms with E-state index in [0.717, 1.165) is 0 Å². The third-order valence-corrected chi connectivity index (χ3v) is 4.37. The zero-order chi connectivity index (χ0) is 21.7. The fraction of sp³-hybridized carbons (Fsp3) is 0.238. The average molecular weight is 430 g/mol. The van der Waals surface area contributed by atoms with Crippen LogP contribution in [0.2, 0.25) is 5.02 Å². The normalized spacial score (nSPS) is 10.7. The Morgan fingerprint density at radius 3 is 2.80 bits per heavy atom. The Hall–Kier alpha value is -3.26. The first kappa shape index (κ1) is 21.4. The molecule has 2 aromatic heterocycles. The number of nitrogens with one attached hydrogen (secondary N) is 2. The van der Waals surface area contributed by atoms with E-state index in [4.69, 9.17) is 16.3 Å². The van der Waals surface area contributed by atoms with Crippen molar-refractivity contribution in [1.29, 1.82) is 0 Å². The van der Waals surface area contributed by atoms with E-state index in [2.05, 4.69) is 25.6 Å². The van der Waals surface area contributed by atoms with Gasteiger partial charge in [0.05, 0.1) is 30.1 Å². The number of hydrogen-bond acceptors (Lipinski definition) is 6. The summed E-state index contributed by atoms with van der Waals surface area (Å²) in [4.78, 5) is 25.2. The lowest BCUT2D eigenvalue weighted by Gasteiger charge is -2.15. The van der Waals surface area contributed by atoms with Gasteiger partial charge in [0.25, 0.3) is 5.91 Å². The third kappa shape index (κ3) is 5.01. The number of carbonyl (C=O) groups is 1. The first-order valence-corrected chi connectivity index (χ1v) is 9.62. The standard InChI is InChI=1S/C21H21ClFN5O2/c1-12(2)9-26-21(29)15-10-24-7-6-17(15)27-20-18(30-3)11-25-19(28-20)14-8-13(22)4-5-16(14)23/h4-8,10-12H,9H2,1-3H3,(H,26,29)(H,24,25,27,28). The van der Waals surface area contributed by atoms with Gasteiger partial charge in [0.2, 0.25) is 0 Å². The molecule has 0 unspecified atom stereocenters. The zero-order valence-electron chi connectivity index (χ0n) is 16.7. The molecule has 2 N–H and O–H groups in total. The van der Waals surface area contributed by atoms with Gasteiger partial charge in [-0.2, -0.15) is 0 Å². The molecule has 0 saturated heterocycles. The number of pyridine rings is 1. The number of halogens is 2. The van der Waals surface area contributed by atoms with Crippen LogP contribution in [-0.2, 0) is 0 Å². The fourth-order valence-electron chi connectivity index (χ4n) is 2.61. The summed E-state index contributed by atoms with van der Waals surface area (Å²) in [5, 5.41) is 6.29. The summed E-state index contributed by atoms with van der Waals surface area (Å²) in [6.45, 7) is 4.54. The number of aromatic nitrogens is 3. The molecule has 7 nitrogen and oxygen atoms in total. The van der Waals surface area contributed by atoms with Crippen LogP contribution in [0.3, 0.4) is 0 Å². The maximum Gasteiger partial charge on any atom is 0.254 e. The van der Waals surface area contributed by atoms with Crippen LogP contribution in [-0.4, -0.2) is 34.5 Å². The number of carbonyl (C=O) groups excluding carboxylic acids is 1. The van der Waals surface area contributed by atoms with Crippen LogP contribution >= 0.6 is 11.6 Å². The molecule has 0 saturated carbocycles. The molecule has 1 aromatic carbocycles. The third-order valence-electron chi connectivity index (χ3n) is 4.13. The van der Waals surface area contributed by atoms with Crippen LogP contribution < -0.4 is 15.4 Å². The molecule has 0 fully saturated rings. The molecule has 0 radical (unpaired) electrons. The van der Waals surface area contributed by atoms with Gasteiger partial charge in [0.15, 0.2) is 17.4 Å². The molecule has 0 aliphatic carbocycles. The van der Waals surface area contributed by atoms with E-state index in [1.807, 2.05) is 13.8 Å². The van der Waals surface area contributed by atoms with Gasteiger partial charge in [0, 0.05) is 24.0 Å². The summed E-state index contributed by atoms with van der Waals surface area (Å²) in [6.07, 6.45) is 4.43. The van der Waals surface area contributed by atoms with Crippen molar-refractivity contribution in [3.05, 3.63) is 59.3 Å². The van der Waals surface area contributed by atoms with Gasteiger partial charge >= 0.3 is 0 Å². The summed E-state index contributed by atoms with van der Waals surface area (Å²) in [5.74, 6) is 0.247. The van der Waals surface area contributed by atoms with Crippen molar-refractivity contribution >= 4 is 29.0 Å². The molecule has 3 aromatic rings. The van der Waals surface area contributed by atoms with E-state index in [9.17, 15) is 9.18 Å². The van der Waals surface area contributed by atoms with Crippen molar-refractivity contribution in [2.45, 2.75) is 13.8 Å². The van der Waals surface area contributed by atoms with Crippen LogP contribution in [0.5, 0.6) is 5.75 Å². The fourth-order valence-corrected chi connectivity index (χ4v) is 2.78. The zero-order valence-corrected chi connectivity index (χ0v) is 17.5. The summed E-state index contributed by atoms with van der Waals surface area (Å²) in [6, 6.07) is 5.78. The Bertz CT molecular complexity index is 1060. The lowest BCUT2D eigenvalue weighted by atomic mass is 10.2. The summed E-state index contributed by atoms with van der Waals surface area (Å²) < 4.78 is 19.6. The minimum absolute atomic E-state index is 0.123. The molecule has 3 rings (SSSR count). The van der Waals surface area contributed by atoms with E-state index in [0.29, 0.717) is 34.5 Å². The Labute approximate surface area is 178 Å². The van der Waals surface area contributed by atoms with Crippen LogP contribution in [0, 0.1) is 11.7 Å². The molecule has 0 spiro atoms. The number of amides is 1. The smallest absolute Gasteiger partial charge is 0.254 e. The first-order valence-electron chi connectivity index (χ1n) is 9.24. The minimum Gasteiger partial charge on any atom is -0.491 e. The van der Waals surface area contributed by atoms with Crippen LogP contribution in [0.1, 0.15) is 24.2 Å². The molecule has 0 aliphatic rings. The van der Waals surface area contributed by atoms with Gasteiger partial charge < -0.3 is 15.4 Å². The van der Waals surface area contributed by atoms with E-state index in [-0.39, 0.29) is 23.1 Å². The number of nitrogens with zero attached hydrogens (tertiary/aromatic N) is 3. The second-order valence-corrected chi connectivity index (χ2v) is 7.32. The van der Waals surface area contributed by atoms with Gasteiger partial charge in [-0.15, -0.1) is 0 Å². The first-order chi connectivity index (χ1) is 14.4. The Morgan fingerprint density at radius 2 is 2.07 bits per heavy atom. The number of methoxy groups -OCH3 is 1. The summed E-state index contributed by atoms with van der Waals surface area (Å²) >= 11 is 5.99. The molecule has 0 atom stereocenters. The summed E-state index contributed by atoms with van der Waals surface area (Å²) in [7, 11) is 1.46. The maximum atomic E-state index is 14.3. The number of hydrogen-bond donors (Lipinski definition) is 2. The lowest BCUT2D eigenvalue weighted by molar-refractivity contribution is 0.0949. The highest BCUT2D eigenvalue weighted by Gasteiger charge is 2.17. The minimum atomic E-state index is -0.506. The summed E-state index contributed by atoms with van der Waals surface area (Å²) in [5.41, 5.74) is 0.966. The molecule has 0 aliphatic heterocycles. The molecule has 0 bridgehead atoms. The van der Waals surface area contributed by atoms with Crippen molar-refractivity contribution < 1.29 is 13.9 Å². The van der Waals surface area contributed by atoms with Gasteiger partial charge in [-0.05, 0) is 30.2 Å². The molecule has 9 heteroatoms.